The normalized spacial score (nSPS) is 16.5. The smallest absolute Gasteiger partial charge is 0.243 e. The Kier molecular flexibility index (Phi) is 5.86. The average Bonchev–Trinajstić information content (AvgIpc) is 2.67. The van der Waals surface area contributed by atoms with Crippen LogP contribution in [0.15, 0.2) is 59.5 Å². The van der Waals surface area contributed by atoms with Gasteiger partial charge in [-0.05, 0) is 37.5 Å². The number of benzene rings is 2. The van der Waals surface area contributed by atoms with E-state index in [1.165, 1.54) is 23.4 Å². The van der Waals surface area contributed by atoms with E-state index in [-0.39, 0.29) is 16.8 Å². The number of piperidine rings is 1. The Morgan fingerprint density at radius 1 is 1.04 bits per heavy atom. The predicted octanol–water partition coefficient (Wildman–Crippen LogP) is 3.26. The maximum Gasteiger partial charge on any atom is 0.243 e. The molecule has 1 aliphatic rings. The fraction of sp³-hybridized carbons (Fsp3) is 0.350. The van der Waals surface area contributed by atoms with E-state index < -0.39 is 10.0 Å². The number of ketones is 1. The van der Waals surface area contributed by atoms with Crippen molar-refractivity contribution < 1.29 is 17.9 Å². The van der Waals surface area contributed by atoms with E-state index in [2.05, 4.69) is 0 Å². The van der Waals surface area contributed by atoms with Crippen LogP contribution in [0.3, 0.4) is 0 Å². The molecule has 2 aromatic carbocycles. The highest BCUT2D eigenvalue weighted by molar-refractivity contribution is 7.89. The van der Waals surface area contributed by atoms with Crippen molar-refractivity contribution in [2.45, 2.75) is 37.4 Å². The van der Waals surface area contributed by atoms with Gasteiger partial charge in [0.05, 0.1) is 17.6 Å². The van der Waals surface area contributed by atoms with E-state index in [0.717, 1.165) is 5.56 Å². The second kappa shape index (κ2) is 8.12. The first-order valence-electron chi connectivity index (χ1n) is 8.73. The number of carbonyl (C=O) groups excluding carboxylic acids is 1. The third kappa shape index (κ3) is 4.38. The minimum atomic E-state index is -3.53. The molecule has 26 heavy (non-hydrogen) atoms. The van der Waals surface area contributed by atoms with Gasteiger partial charge < -0.3 is 4.74 Å². The average molecular weight is 373 g/mol. The van der Waals surface area contributed by atoms with Crippen LogP contribution in [0, 0.1) is 0 Å². The number of carbonyl (C=O) groups is 1. The molecule has 0 amide bonds. The molecule has 138 valence electrons. The van der Waals surface area contributed by atoms with E-state index in [1.54, 1.807) is 12.1 Å². The van der Waals surface area contributed by atoms with Gasteiger partial charge in [0.25, 0.3) is 0 Å². The number of hydrogen-bond donors (Lipinski definition) is 0. The van der Waals surface area contributed by atoms with Crippen LogP contribution in [0.4, 0.5) is 0 Å². The van der Waals surface area contributed by atoms with Gasteiger partial charge in [0.1, 0.15) is 0 Å². The van der Waals surface area contributed by atoms with Crippen LogP contribution in [0.25, 0.3) is 0 Å². The van der Waals surface area contributed by atoms with Crippen molar-refractivity contribution in [2.24, 2.45) is 0 Å². The van der Waals surface area contributed by atoms with Gasteiger partial charge in [0, 0.05) is 18.7 Å². The first-order valence-corrected chi connectivity index (χ1v) is 10.2. The molecule has 0 radical (unpaired) electrons. The topological polar surface area (TPSA) is 63.7 Å². The fourth-order valence-corrected chi connectivity index (χ4v) is 4.51. The Morgan fingerprint density at radius 3 is 2.23 bits per heavy atom. The van der Waals surface area contributed by atoms with Crippen molar-refractivity contribution in [3.05, 3.63) is 65.7 Å². The molecule has 0 aromatic heterocycles. The SMILES string of the molecule is CC(=O)c1ccc(S(=O)(=O)N2CCC(OCc3ccccc3)CC2)cc1. The van der Waals surface area contributed by atoms with E-state index in [0.29, 0.717) is 38.1 Å². The standard InChI is InChI=1S/C20H23NO4S/c1-16(22)18-7-9-20(10-8-18)26(23,24)21-13-11-19(12-14-21)25-15-17-5-3-2-4-6-17/h2-10,19H,11-15H2,1H3. The lowest BCUT2D eigenvalue weighted by Gasteiger charge is -2.31. The van der Waals surface area contributed by atoms with Crippen LogP contribution in [-0.2, 0) is 21.4 Å². The summed E-state index contributed by atoms with van der Waals surface area (Å²) in [5, 5.41) is 0. The van der Waals surface area contributed by atoms with Crippen LogP contribution >= 0.6 is 0 Å². The van der Waals surface area contributed by atoms with Crippen molar-refractivity contribution in [2.75, 3.05) is 13.1 Å². The minimum Gasteiger partial charge on any atom is -0.373 e. The van der Waals surface area contributed by atoms with Crippen LogP contribution in [-0.4, -0.2) is 37.7 Å². The van der Waals surface area contributed by atoms with Gasteiger partial charge in [-0.25, -0.2) is 8.42 Å². The molecule has 3 rings (SSSR count). The highest BCUT2D eigenvalue weighted by Gasteiger charge is 2.29. The summed E-state index contributed by atoms with van der Waals surface area (Å²) in [6.45, 7) is 2.89. The predicted molar refractivity (Wildman–Crippen MR) is 99.5 cm³/mol. The van der Waals surface area contributed by atoms with Crippen LogP contribution in [0.1, 0.15) is 35.7 Å². The highest BCUT2D eigenvalue weighted by Crippen LogP contribution is 2.23. The molecule has 1 fully saturated rings. The maximum atomic E-state index is 12.8. The summed E-state index contributed by atoms with van der Waals surface area (Å²) in [4.78, 5) is 11.6. The van der Waals surface area contributed by atoms with Gasteiger partial charge in [0.2, 0.25) is 10.0 Å². The second-order valence-electron chi connectivity index (χ2n) is 6.48. The molecule has 0 spiro atoms. The molecule has 1 aliphatic heterocycles. The number of ether oxygens (including phenoxy) is 1. The zero-order chi connectivity index (χ0) is 18.6. The number of Topliss-reactive ketones (excluding diaryl/α,β-unsaturated/α-hetero) is 1. The number of sulfonamides is 1. The first-order chi connectivity index (χ1) is 12.5. The van der Waals surface area contributed by atoms with Crippen molar-refractivity contribution in [1.82, 2.24) is 4.31 Å². The van der Waals surface area contributed by atoms with Gasteiger partial charge in [-0.2, -0.15) is 4.31 Å². The largest absolute Gasteiger partial charge is 0.373 e. The molecule has 0 atom stereocenters. The summed E-state index contributed by atoms with van der Waals surface area (Å²) < 4.78 is 32.9. The third-order valence-electron chi connectivity index (χ3n) is 4.63. The molecule has 2 aromatic rings. The molecular formula is C20H23NO4S. The molecule has 6 heteroatoms. The summed E-state index contributed by atoms with van der Waals surface area (Å²) in [6.07, 6.45) is 1.43. The molecular weight excluding hydrogens is 350 g/mol. The van der Waals surface area contributed by atoms with Crippen molar-refractivity contribution >= 4 is 15.8 Å². The molecule has 1 heterocycles. The third-order valence-corrected chi connectivity index (χ3v) is 6.54. The maximum absolute atomic E-state index is 12.8. The molecule has 0 unspecified atom stereocenters. The lowest BCUT2D eigenvalue weighted by molar-refractivity contribution is 0.0102. The molecule has 0 saturated carbocycles. The monoisotopic (exact) mass is 373 g/mol. The van der Waals surface area contributed by atoms with Gasteiger partial charge in [-0.3, -0.25) is 4.79 Å². The van der Waals surface area contributed by atoms with Crippen LogP contribution < -0.4 is 0 Å². The second-order valence-corrected chi connectivity index (χ2v) is 8.42. The van der Waals surface area contributed by atoms with E-state index in [1.807, 2.05) is 30.3 Å². The van der Waals surface area contributed by atoms with Crippen LogP contribution in [0.2, 0.25) is 0 Å². The zero-order valence-corrected chi connectivity index (χ0v) is 15.6. The van der Waals surface area contributed by atoms with Crippen molar-refractivity contribution in [3.8, 4) is 0 Å². The molecule has 0 N–H and O–H groups in total. The summed E-state index contributed by atoms with van der Waals surface area (Å²) in [5.41, 5.74) is 1.63. The van der Waals surface area contributed by atoms with E-state index >= 15 is 0 Å². The highest BCUT2D eigenvalue weighted by atomic mass is 32.2. The molecule has 5 nitrogen and oxygen atoms in total. The number of nitrogens with zero attached hydrogens (tertiary/aromatic N) is 1. The van der Waals surface area contributed by atoms with Gasteiger partial charge in [-0.1, -0.05) is 42.5 Å². The minimum absolute atomic E-state index is 0.0711. The Morgan fingerprint density at radius 2 is 1.65 bits per heavy atom. The first kappa shape index (κ1) is 18.8. The zero-order valence-electron chi connectivity index (χ0n) is 14.8. The summed E-state index contributed by atoms with van der Waals surface area (Å²) >= 11 is 0. The number of hydrogen-bond acceptors (Lipinski definition) is 4. The van der Waals surface area contributed by atoms with Gasteiger partial charge >= 0.3 is 0 Å². The lowest BCUT2D eigenvalue weighted by atomic mass is 10.1. The number of rotatable bonds is 6. The fourth-order valence-electron chi connectivity index (χ4n) is 3.04. The summed E-state index contributed by atoms with van der Waals surface area (Å²) in [5.74, 6) is -0.0784. The summed E-state index contributed by atoms with van der Waals surface area (Å²) in [7, 11) is -3.53. The quantitative estimate of drug-likeness (QED) is 0.729. The lowest BCUT2D eigenvalue weighted by Crippen LogP contribution is -2.40. The van der Waals surface area contributed by atoms with Crippen molar-refractivity contribution in [1.29, 1.82) is 0 Å². The van der Waals surface area contributed by atoms with Crippen LogP contribution in [0.5, 0.6) is 0 Å². The van der Waals surface area contributed by atoms with E-state index in [9.17, 15) is 13.2 Å². The Labute approximate surface area is 154 Å². The van der Waals surface area contributed by atoms with E-state index in [4.69, 9.17) is 4.74 Å². The molecule has 1 saturated heterocycles. The Bertz CT molecular complexity index is 839. The van der Waals surface area contributed by atoms with Gasteiger partial charge in [0.15, 0.2) is 5.78 Å². The Balaban J connectivity index is 1.57. The molecule has 0 bridgehead atoms. The molecule has 0 aliphatic carbocycles. The van der Waals surface area contributed by atoms with Gasteiger partial charge in [-0.15, -0.1) is 0 Å². The Hall–Kier alpha value is -2.02. The van der Waals surface area contributed by atoms with Crippen molar-refractivity contribution in [3.63, 3.8) is 0 Å². The summed E-state index contributed by atoms with van der Waals surface area (Å²) in [6, 6.07) is 16.1.